The SMILES string of the molecule is CC1(C)CC[C@]2(CS(C)(=O)=NC#N)CC[C@]3(C)[C@H](C(=O)C=C4[C@@]5(C)C=C(C#N)C(=O)C(C)(C)[C@@H]5CC[C@]43C)[C@@H]2C1. The molecule has 8 atom stereocenters. The third-order valence-corrected chi connectivity index (χ3v) is 14.4. The zero-order valence-corrected chi connectivity index (χ0v) is 26.3. The molecule has 0 radical (unpaired) electrons. The molecule has 7 heteroatoms. The number of carbonyl (C=O) groups is 2. The van der Waals surface area contributed by atoms with E-state index in [2.05, 4.69) is 45.1 Å². The molecule has 0 amide bonds. The zero-order chi connectivity index (χ0) is 29.7. The fourth-order valence-corrected chi connectivity index (χ4v) is 12.5. The van der Waals surface area contributed by atoms with Gasteiger partial charge in [-0.3, -0.25) is 9.59 Å². The lowest BCUT2D eigenvalue weighted by atomic mass is 9.34. The van der Waals surface area contributed by atoms with Crippen molar-refractivity contribution in [1.82, 2.24) is 0 Å². The largest absolute Gasteiger partial charge is 0.295 e. The summed E-state index contributed by atoms with van der Waals surface area (Å²) in [6.07, 6.45) is 13.4. The van der Waals surface area contributed by atoms with E-state index in [1.54, 1.807) is 12.4 Å². The molecule has 0 bridgehead atoms. The van der Waals surface area contributed by atoms with Crippen molar-refractivity contribution in [3.63, 3.8) is 0 Å². The summed E-state index contributed by atoms with van der Waals surface area (Å²) in [7, 11) is -2.70. The molecule has 40 heavy (non-hydrogen) atoms. The normalized spacial score (nSPS) is 44.6. The molecule has 5 aliphatic rings. The summed E-state index contributed by atoms with van der Waals surface area (Å²) >= 11 is 0. The van der Waals surface area contributed by atoms with Crippen LogP contribution < -0.4 is 0 Å². The van der Waals surface area contributed by atoms with E-state index in [-0.39, 0.29) is 56.6 Å². The topological polar surface area (TPSA) is 111 Å². The number of hydrogen-bond donors (Lipinski definition) is 0. The van der Waals surface area contributed by atoms with Crippen LogP contribution in [0, 0.1) is 73.0 Å². The highest BCUT2D eigenvalue weighted by Gasteiger charge is 2.69. The van der Waals surface area contributed by atoms with Gasteiger partial charge in [0, 0.05) is 28.8 Å². The van der Waals surface area contributed by atoms with Gasteiger partial charge < -0.3 is 0 Å². The Bertz CT molecular complexity index is 1460. The monoisotopic (exact) mass is 563 g/mol. The van der Waals surface area contributed by atoms with Gasteiger partial charge in [0.1, 0.15) is 6.07 Å². The molecule has 5 aliphatic carbocycles. The van der Waals surface area contributed by atoms with Crippen LogP contribution in [0.3, 0.4) is 0 Å². The summed E-state index contributed by atoms with van der Waals surface area (Å²) in [5.74, 6) is 0.295. The number of nitrogens with zero attached hydrogens (tertiary/aromatic N) is 3. The predicted octanol–water partition coefficient (Wildman–Crippen LogP) is 6.78. The summed E-state index contributed by atoms with van der Waals surface area (Å²) in [5.41, 5.74) is -0.724. The first-order valence-corrected chi connectivity index (χ1v) is 16.9. The van der Waals surface area contributed by atoms with Crippen LogP contribution in [0.25, 0.3) is 0 Å². The van der Waals surface area contributed by atoms with E-state index in [9.17, 15) is 24.3 Å². The summed E-state index contributed by atoms with van der Waals surface area (Å²) in [4.78, 5) is 27.8. The van der Waals surface area contributed by atoms with Gasteiger partial charge in [0.25, 0.3) is 0 Å². The Kier molecular flexibility index (Phi) is 6.31. The van der Waals surface area contributed by atoms with Gasteiger partial charge in [-0.1, -0.05) is 60.1 Å². The molecule has 5 rings (SSSR count). The van der Waals surface area contributed by atoms with Crippen LogP contribution in [-0.2, 0) is 19.3 Å². The molecule has 6 nitrogen and oxygen atoms in total. The Morgan fingerprint density at radius 3 is 2.27 bits per heavy atom. The van der Waals surface area contributed by atoms with Gasteiger partial charge in [0.05, 0.1) is 15.3 Å². The fourth-order valence-electron chi connectivity index (χ4n) is 10.6. The van der Waals surface area contributed by atoms with Crippen LogP contribution in [0.4, 0.5) is 0 Å². The number of allylic oxidation sites excluding steroid dienone is 4. The van der Waals surface area contributed by atoms with Gasteiger partial charge in [-0.05, 0) is 84.5 Å². The number of fused-ring (bicyclic) bond motifs is 7. The Morgan fingerprint density at radius 2 is 1.65 bits per heavy atom. The van der Waals surface area contributed by atoms with Crippen molar-refractivity contribution in [3.8, 4) is 12.3 Å². The minimum absolute atomic E-state index is 0.0190. The minimum atomic E-state index is -2.70. The molecule has 3 saturated carbocycles. The molecule has 1 unspecified atom stereocenters. The van der Waals surface area contributed by atoms with Crippen LogP contribution in [0.5, 0.6) is 0 Å². The molecule has 3 fully saturated rings. The highest BCUT2D eigenvalue weighted by Crippen LogP contribution is 2.74. The predicted molar refractivity (Wildman–Crippen MR) is 156 cm³/mol. The van der Waals surface area contributed by atoms with E-state index < -0.39 is 20.6 Å². The van der Waals surface area contributed by atoms with E-state index in [4.69, 9.17) is 0 Å². The average Bonchev–Trinajstić information content (AvgIpc) is 2.83. The Balaban J connectivity index is 1.69. The maximum absolute atomic E-state index is 14.5. The van der Waals surface area contributed by atoms with Gasteiger partial charge >= 0.3 is 0 Å². The van der Waals surface area contributed by atoms with Crippen LogP contribution >= 0.6 is 0 Å². The second-order valence-corrected chi connectivity index (χ2v) is 18.3. The van der Waals surface area contributed by atoms with E-state index in [1.807, 2.05) is 26.0 Å². The first kappa shape index (κ1) is 29.2. The van der Waals surface area contributed by atoms with Crippen LogP contribution in [-0.4, -0.2) is 27.8 Å². The number of rotatable bonds is 2. The minimum Gasteiger partial charge on any atom is -0.295 e. The number of carbonyl (C=O) groups excluding carboxylic acids is 2. The molecule has 0 aromatic heterocycles. The lowest BCUT2D eigenvalue weighted by Crippen LogP contribution is -2.65. The van der Waals surface area contributed by atoms with Crippen molar-refractivity contribution in [1.29, 1.82) is 10.5 Å². The highest BCUT2D eigenvalue weighted by atomic mass is 32.2. The standard InChI is InChI=1S/C33H45N3O3S/c1-28(2)11-13-33(19-40(8,39)36-20-35)14-12-32(7)26(22(33)17-28)23(37)15-25-30(5)16-21(18-34)27(38)29(3,4)24(30)9-10-31(25,32)6/h15-16,22,24,26H,9-14,17,19H2,1-8H3/t22-,24-,26-,30-,31+,32+,33+,40?/m0/s1. The first-order valence-electron chi connectivity index (χ1n) is 14.8. The maximum Gasteiger partial charge on any atom is 0.214 e. The lowest BCUT2D eigenvalue weighted by Gasteiger charge is -2.69. The second kappa shape index (κ2) is 8.64. The second-order valence-electron chi connectivity index (χ2n) is 15.9. The third kappa shape index (κ3) is 3.79. The molecule has 0 aliphatic heterocycles. The van der Waals surface area contributed by atoms with E-state index in [0.29, 0.717) is 5.75 Å². The molecule has 0 saturated heterocycles. The smallest absolute Gasteiger partial charge is 0.214 e. The Labute approximate surface area is 240 Å². The van der Waals surface area contributed by atoms with E-state index in [1.165, 1.54) is 0 Å². The molecule has 0 N–H and O–H groups in total. The lowest BCUT2D eigenvalue weighted by molar-refractivity contribution is -0.167. The molecule has 0 aromatic carbocycles. The van der Waals surface area contributed by atoms with Gasteiger partial charge in [0.15, 0.2) is 11.6 Å². The summed E-state index contributed by atoms with van der Waals surface area (Å²) in [6, 6.07) is 2.18. The maximum atomic E-state index is 14.5. The molecule has 0 heterocycles. The van der Waals surface area contributed by atoms with Gasteiger partial charge in [0.2, 0.25) is 6.19 Å². The van der Waals surface area contributed by atoms with Crippen molar-refractivity contribution in [2.24, 2.45) is 54.6 Å². The van der Waals surface area contributed by atoms with Gasteiger partial charge in [-0.25, -0.2) is 4.21 Å². The number of hydrogen-bond acceptors (Lipinski definition) is 6. The van der Waals surface area contributed by atoms with Crippen LogP contribution in [0.15, 0.2) is 27.7 Å². The summed E-state index contributed by atoms with van der Waals surface area (Å²) < 4.78 is 17.3. The van der Waals surface area contributed by atoms with E-state index in [0.717, 1.165) is 50.5 Å². The van der Waals surface area contributed by atoms with Crippen LogP contribution in [0.2, 0.25) is 0 Å². The molecule has 0 spiro atoms. The quantitative estimate of drug-likeness (QED) is 0.344. The Morgan fingerprint density at radius 1 is 1.00 bits per heavy atom. The molecule has 0 aromatic rings. The molecule has 216 valence electrons. The fraction of sp³-hybridized carbons (Fsp3) is 0.758. The van der Waals surface area contributed by atoms with Crippen molar-refractivity contribution in [3.05, 3.63) is 23.3 Å². The third-order valence-electron chi connectivity index (χ3n) is 12.8. The average molecular weight is 564 g/mol. The van der Waals surface area contributed by atoms with Crippen molar-refractivity contribution < 1.29 is 13.8 Å². The highest BCUT2D eigenvalue weighted by molar-refractivity contribution is 7.93. The van der Waals surface area contributed by atoms with Crippen LogP contribution in [0.1, 0.15) is 93.4 Å². The van der Waals surface area contributed by atoms with E-state index >= 15 is 0 Å². The van der Waals surface area contributed by atoms with Gasteiger partial charge in [-0.2, -0.15) is 10.5 Å². The summed E-state index contributed by atoms with van der Waals surface area (Å²) in [5, 5.41) is 19.2. The number of ketones is 2. The first-order chi connectivity index (χ1) is 18.3. The number of Topliss-reactive ketones (excluding diaryl/α,β-unsaturated/α-hetero) is 1. The number of nitriles is 2. The Hall–Kier alpha value is -2.25. The molecular weight excluding hydrogens is 518 g/mol. The molecular formula is C33H45N3O3S. The van der Waals surface area contributed by atoms with Crippen molar-refractivity contribution >= 4 is 21.3 Å². The van der Waals surface area contributed by atoms with Crippen molar-refractivity contribution in [2.75, 3.05) is 12.0 Å². The van der Waals surface area contributed by atoms with Gasteiger partial charge in [-0.15, -0.1) is 4.36 Å². The van der Waals surface area contributed by atoms with Crippen molar-refractivity contribution in [2.45, 2.75) is 93.4 Å². The summed E-state index contributed by atoms with van der Waals surface area (Å²) in [6.45, 7) is 15.3. The zero-order valence-electron chi connectivity index (χ0n) is 25.5.